The van der Waals surface area contributed by atoms with Crippen LogP contribution in [-0.4, -0.2) is 35.5 Å². The van der Waals surface area contributed by atoms with Crippen molar-refractivity contribution in [3.05, 3.63) is 29.6 Å². The summed E-state index contributed by atoms with van der Waals surface area (Å²) >= 11 is 0. The van der Waals surface area contributed by atoms with Gasteiger partial charge in [-0.05, 0) is 49.8 Å². The topological polar surface area (TPSA) is 54.5 Å². The smallest absolute Gasteiger partial charge is 0.191 e. The summed E-state index contributed by atoms with van der Waals surface area (Å²) in [6.45, 7) is 4.96. The summed E-state index contributed by atoms with van der Waals surface area (Å²) in [5.41, 5.74) is 8.55. The lowest BCUT2D eigenvalue weighted by molar-refractivity contribution is 0.338. The molecule has 1 saturated heterocycles. The Morgan fingerprint density at radius 3 is 2.89 bits per heavy atom. The highest BCUT2D eigenvalue weighted by atomic mass is 15.2. The maximum Gasteiger partial charge on any atom is 0.191 e. The lowest BCUT2D eigenvalue weighted by atomic mass is 10.1. The fourth-order valence-electron chi connectivity index (χ4n) is 2.30. The molecule has 0 unspecified atom stereocenters. The minimum atomic E-state index is 0.710. The second-order valence-electron chi connectivity index (χ2n) is 4.84. The molecule has 1 fully saturated rings. The van der Waals surface area contributed by atoms with Gasteiger partial charge < -0.3 is 10.6 Å². The first-order chi connectivity index (χ1) is 8.77. The quantitative estimate of drug-likeness (QED) is 0.653. The molecule has 0 aliphatic carbocycles. The highest BCUT2D eigenvalue weighted by Crippen LogP contribution is 2.09. The number of hydrogen-bond donors (Lipinski definition) is 1. The third-order valence-electron chi connectivity index (χ3n) is 3.47. The van der Waals surface area contributed by atoms with Crippen molar-refractivity contribution in [3.63, 3.8) is 0 Å². The molecule has 0 atom stereocenters. The average Bonchev–Trinajstić information content (AvgIpc) is 2.42. The predicted molar refractivity (Wildman–Crippen MR) is 74.6 cm³/mol. The molecule has 2 heterocycles. The van der Waals surface area contributed by atoms with Gasteiger partial charge in [-0.15, -0.1) is 0 Å². The van der Waals surface area contributed by atoms with Crippen molar-refractivity contribution in [3.8, 4) is 0 Å². The molecule has 0 aromatic carbocycles. The zero-order chi connectivity index (χ0) is 12.8. The molecule has 2 N–H and O–H groups in total. The zero-order valence-electron chi connectivity index (χ0n) is 11.1. The van der Waals surface area contributed by atoms with E-state index in [0.717, 1.165) is 26.1 Å². The number of aromatic nitrogens is 1. The van der Waals surface area contributed by atoms with Gasteiger partial charge in [-0.1, -0.05) is 0 Å². The van der Waals surface area contributed by atoms with Gasteiger partial charge in [0.25, 0.3) is 0 Å². The van der Waals surface area contributed by atoms with Crippen molar-refractivity contribution >= 4 is 5.96 Å². The maximum atomic E-state index is 6.01. The maximum absolute atomic E-state index is 6.01. The van der Waals surface area contributed by atoms with E-state index in [4.69, 9.17) is 5.73 Å². The molecule has 2 rings (SSSR count). The lowest BCUT2D eigenvalue weighted by Gasteiger charge is -2.27. The van der Waals surface area contributed by atoms with Gasteiger partial charge in [0, 0.05) is 32.0 Å². The molecular formula is C14H22N4. The molecule has 0 radical (unpaired) electrons. The summed E-state index contributed by atoms with van der Waals surface area (Å²) in [5, 5.41) is 0. The summed E-state index contributed by atoms with van der Waals surface area (Å²) in [6.07, 6.45) is 8.45. The monoisotopic (exact) mass is 246 g/mol. The van der Waals surface area contributed by atoms with Crippen molar-refractivity contribution in [1.82, 2.24) is 9.88 Å². The van der Waals surface area contributed by atoms with Crippen LogP contribution in [0, 0.1) is 6.92 Å². The molecule has 1 aromatic rings. The highest BCUT2D eigenvalue weighted by molar-refractivity contribution is 5.78. The van der Waals surface area contributed by atoms with E-state index in [2.05, 4.69) is 27.9 Å². The van der Waals surface area contributed by atoms with E-state index in [0.29, 0.717) is 5.96 Å². The van der Waals surface area contributed by atoms with Crippen LogP contribution in [0.2, 0.25) is 0 Å². The molecule has 0 spiro atoms. The summed E-state index contributed by atoms with van der Waals surface area (Å²) in [7, 11) is 0. The standard InChI is InChI=1S/C14H22N4/c1-12-11-16-7-5-13(12)6-8-17-14(15)18-9-3-2-4-10-18/h5,7,11H,2-4,6,8-10H2,1H3,(H2,15,17). The number of nitrogens with zero attached hydrogens (tertiary/aromatic N) is 3. The first-order valence-electron chi connectivity index (χ1n) is 6.72. The molecule has 4 heteroatoms. The number of aliphatic imine (C=N–C) groups is 1. The van der Waals surface area contributed by atoms with Crippen molar-refractivity contribution in [1.29, 1.82) is 0 Å². The Kier molecular flexibility index (Phi) is 4.56. The van der Waals surface area contributed by atoms with Gasteiger partial charge in [-0.3, -0.25) is 9.98 Å². The molecule has 0 amide bonds. The van der Waals surface area contributed by atoms with Crippen LogP contribution in [0.15, 0.2) is 23.5 Å². The third-order valence-corrected chi connectivity index (χ3v) is 3.47. The van der Waals surface area contributed by atoms with E-state index < -0.39 is 0 Å². The Morgan fingerprint density at radius 2 is 2.17 bits per heavy atom. The van der Waals surface area contributed by atoms with Gasteiger partial charge in [0.05, 0.1) is 0 Å². The van der Waals surface area contributed by atoms with Crippen molar-refractivity contribution in [2.45, 2.75) is 32.6 Å². The van der Waals surface area contributed by atoms with Crippen LogP contribution in [0.25, 0.3) is 0 Å². The molecule has 1 aliphatic rings. The van der Waals surface area contributed by atoms with Crippen LogP contribution in [0.4, 0.5) is 0 Å². The summed E-state index contributed by atoms with van der Waals surface area (Å²) in [4.78, 5) is 10.8. The Labute approximate surface area is 109 Å². The van der Waals surface area contributed by atoms with Gasteiger partial charge in [-0.2, -0.15) is 0 Å². The van der Waals surface area contributed by atoms with Crippen LogP contribution in [0.3, 0.4) is 0 Å². The van der Waals surface area contributed by atoms with Gasteiger partial charge in [0.2, 0.25) is 0 Å². The molecular weight excluding hydrogens is 224 g/mol. The number of rotatable bonds is 3. The molecule has 1 aromatic heterocycles. The normalized spacial score (nSPS) is 16.9. The number of likely N-dealkylation sites (tertiary alicyclic amines) is 1. The number of nitrogens with two attached hydrogens (primary N) is 1. The minimum absolute atomic E-state index is 0.710. The summed E-state index contributed by atoms with van der Waals surface area (Å²) < 4.78 is 0. The van der Waals surface area contributed by atoms with E-state index in [9.17, 15) is 0 Å². The Balaban J connectivity index is 1.85. The first-order valence-corrected chi connectivity index (χ1v) is 6.72. The molecule has 1 aliphatic heterocycles. The second-order valence-corrected chi connectivity index (χ2v) is 4.84. The highest BCUT2D eigenvalue weighted by Gasteiger charge is 2.11. The number of hydrogen-bond acceptors (Lipinski definition) is 2. The Morgan fingerprint density at radius 1 is 1.39 bits per heavy atom. The van der Waals surface area contributed by atoms with Gasteiger partial charge in [0.1, 0.15) is 0 Å². The third kappa shape index (κ3) is 3.45. The number of aryl methyl sites for hydroxylation is 1. The van der Waals surface area contributed by atoms with E-state index in [1.165, 1.54) is 30.4 Å². The van der Waals surface area contributed by atoms with E-state index >= 15 is 0 Å². The average molecular weight is 246 g/mol. The van der Waals surface area contributed by atoms with E-state index in [-0.39, 0.29) is 0 Å². The molecule has 0 saturated carbocycles. The fraction of sp³-hybridized carbons (Fsp3) is 0.571. The predicted octanol–water partition coefficient (Wildman–Crippen LogP) is 1.73. The Bertz CT molecular complexity index is 408. The first kappa shape index (κ1) is 12.9. The van der Waals surface area contributed by atoms with Crippen molar-refractivity contribution < 1.29 is 0 Å². The van der Waals surface area contributed by atoms with Crippen LogP contribution >= 0.6 is 0 Å². The van der Waals surface area contributed by atoms with Crippen LogP contribution in [0.1, 0.15) is 30.4 Å². The lowest BCUT2D eigenvalue weighted by Crippen LogP contribution is -2.41. The largest absolute Gasteiger partial charge is 0.370 e. The second kappa shape index (κ2) is 6.38. The SMILES string of the molecule is Cc1cnccc1CCN=C(N)N1CCCCC1. The number of piperidine rings is 1. The summed E-state index contributed by atoms with van der Waals surface area (Å²) in [6, 6.07) is 2.06. The van der Waals surface area contributed by atoms with Crippen LogP contribution < -0.4 is 5.73 Å². The van der Waals surface area contributed by atoms with Crippen molar-refractivity contribution in [2.75, 3.05) is 19.6 Å². The summed E-state index contributed by atoms with van der Waals surface area (Å²) in [5.74, 6) is 0.710. The molecule has 4 nitrogen and oxygen atoms in total. The molecule has 18 heavy (non-hydrogen) atoms. The van der Waals surface area contributed by atoms with E-state index in [1.807, 2.05) is 12.4 Å². The van der Waals surface area contributed by atoms with Crippen LogP contribution in [-0.2, 0) is 6.42 Å². The van der Waals surface area contributed by atoms with E-state index in [1.54, 1.807) is 0 Å². The van der Waals surface area contributed by atoms with Gasteiger partial charge in [-0.25, -0.2) is 0 Å². The Hall–Kier alpha value is -1.58. The van der Waals surface area contributed by atoms with Gasteiger partial charge in [0.15, 0.2) is 5.96 Å². The zero-order valence-corrected chi connectivity index (χ0v) is 11.1. The van der Waals surface area contributed by atoms with Gasteiger partial charge >= 0.3 is 0 Å². The number of guanidine groups is 1. The molecule has 0 bridgehead atoms. The van der Waals surface area contributed by atoms with Crippen molar-refractivity contribution in [2.24, 2.45) is 10.7 Å². The van der Waals surface area contributed by atoms with Crippen LogP contribution in [0.5, 0.6) is 0 Å². The molecule has 98 valence electrons. The minimum Gasteiger partial charge on any atom is -0.370 e. The number of pyridine rings is 1. The fourth-order valence-corrected chi connectivity index (χ4v) is 2.30.